The van der Waals surface area contributed by atoms with Crippen LogP contribution in [0.2, 0.25) is 0 Å². The molecule has 1 aromatic carbocycles. The summed E-state index contributed by atoms with van der Waals surface area (Å²) in [6.07, 6.45) is -2.45. The largest absolute Gasteiger partial charge is 0.416 e. The van der Waals surface area contributed by atoms with Crippen molar-refractivity contribution in [2.24, 2.45) is 0 Å². The molecule has 7 heteroatoms. The molecule has 3 rings (SSSR count). The van der Waals surface area contributed by atoms with Crippen LogP contribution in [0.4, 0.5) is 13.2 Å². The fourth-order valence-electron chi connectivity index (χ4n) is 3.74. The maximum atomic E-state index is 12.7. The summed E-state index contributed by atoms with van der Waals surface area (Å²) in [7, 11) is 0. The second kappa shape index (κ2) is 6.96. The van der Waals surface area contributed by atoms with Crippen LogP contribution >= 0.6 is 0 Å². The van der Waals surface area contributed by atoms with Crippen LogP contribution in [-0.4, -0.2) is 54.1 Å². The smallest absolute Gasteiger partial charge is 0.370 e. The third-order valence-electron chi connectivity index (χ3n) is 5.00. The summed E-state index contributed by atoms with van der Waals surface area (Å²) in [5, 5.41) is 0. The predicted octanol–water partition coefficient (Wildman–Crippen LogP) is 2.92. The zero-order valence-electron chi connectivity index (χ0n) is 14.3. The number of morpholine rings is 1. The number of carbonyl (C=O) groups excluding carboxylic acids is 1. The molecule has 2 fully saturated rings. The summed E-state index contributed by atoms with van der Waals surface area (Å²) in [4.78, 5) is 15.7. The molecule has 1 aromatic rings. The number of nitrogens with zero attached hydrogens (tertiary/aromatic N) is 2. The van der Waals surface area contributed by atoms with Gasteiger partial charge in [-0.25, -0.2) is 0 Å². The number of alkyl halides is 3. The highest BCUT2D eigenvalue weighted by atomic mass is 19.4. The van der Waals surface area contributed by atoms with E-state index in [-0.39, 0.29) is 11.5 Å². The molecular formula is C18H23F3N2O2. The van der Waals surface area contributed by atoms with Gasteiger partial charge < -0.3 is 9.64 Å². The molecule has 1 unspecified atom stereocenters. The number of ether oxygens (including phenoxy) is 1. The molecule has 0 aliphatic carbocycles. The van der Waals surface area contributed by atoms with Crippen LogP contribution in [0.25, 0.3) is 0 Å². The minimum atomic E-state index is -4.31. The van der Waals surface area contributed by atoms with Crippen molar-refractivity contribution in [1.82, 2.24) is 9.80 Å². The number of carbonyl (C=O) groups is 1. The Morgan fingerprint density at radius 1 is 1.20 bits per heavy atom. The van der Waals surface area contributed by atoms with Crippen molar-refractivity contribution >= 4 is 5.91 Å². The van der Waals surface area contributed by atoms with Crippen LogP contribution in [0.15, 0.2) is 24.3 Å². The molecule has 0 aromatic heterocycles. The van der Waals surface area contributed by atoms with Gasteiger partial charge in [0, 0.05) is 26.6 Å². The van der Waals surface area contributed by atoms with E-state index >= 15 is 0 Å². The summed E-state index contributed by atoms with van der Waals surface area (Å²) in [6, 6.07) is 5.33. The van der Waals surface area contributed by atoms with Crippen LogP contribution < -0.4 is 0 Å². The van der Waals surface area contributed by atoms with E-state index in [4.69, 9.17) is 4.74 Å². The summed E-state index contributed by atoms with van der Waals surface area (Å²) < 4.78 is 44.0. The highest BCUT2D eigenvalue weighted by Gasteiger charge is 2.41. The minimum Gasteiger partial charge on any atom is -0.370 e. The lowest BCUT2D eigenvalue weighted by atomic mass is 9.90. The number of piperidine rings is 1. The third-order valence-corrected chi connectivity index (χ3v) is 5.00. The lowest BCUT2D eigenvalue weighted by molar-refractivity contribution is -0.160. The first-order valence-corrected chi connectivity index (χ1v) is 8.55. The number of likely N-dealkylation sites (tertiary alicyclic amines) is 1. The summed E-state index contributed by atoms with van der Waals surface area (Å²) in [6.45, 7) is 5.48. The van der Waals surface area contributed by atoms with E-state index in [2.05, 4.69) is 4.90 Å². The topological polar surface area (TPSA) is 32.8 Å². The van der Waals surface area contributed by atoms with Gasteiger partial charge in [0.05, 0.1) is 24.3 Å². The lowest BCUT2D eigenvalue weighted by Crippen LogP contribution is -2.60. The van der Waals surface area contributed by atoms with Crippen LogP contribution in [0.5, 0.6) is 0 Å². The van der Waals surface area contributed by atoms with Gasteiger partial charge in [-0.3, -0.25) is 9.69 Å². The highest BCUT2D eigenvalue weighted by molar-refractivity contribution is 5.73. The molecule has 0 radical (unpaired) electrons. The molecule has 4 nitrogen and oxygen atoms in total. The van der Waals surface area contributed by atoms with E-state index in [1.165, 1.54) is 12.1 Å². The van der Waals surface area contributed by atoms with Crippen molar-refractivity contribution in [3.63, 3.8) is 0 Å². The van der Waals surface area contributed by atoms with Crippen molar-refractivity contribution < 1.29 is 22.7 Å². The zero-order chi connectivity index (χ0) is 18.1. The minimum absolute atomic E-state index is 0.0579. The van der Waals surface area contributed by atoms with Crippen molar-refractivity contribution in [1.29, 1.82) is 0 Å². The predicted molar refractivity (Wildman–Crippen MR) is 86.9 cm³/mol. The van der Waals surface area contributed by atoms with Crippen molar-refractivity contribution in [2.45, 2.75) is 38.1 Å². The Balaban J connectivity index is 1.64. The average Bonchev–Trinajstić information content (AvgIpc) is 2.54. The van der Waals surface area contributed by atoms with E-state index in [1.807, 2.05) is 4.90 Å². The van der Waals surface area contributed by atoms with Crippen LogP contribution in [0.1, 0.15) is 30.9 Å². The van der Waals surface area contributed by atoms with Gasteiger partial charge in [0.1, 0.15) is 0 Å². The molecule has 2 aliphatic rings. The maximum Gasteiger partial charge on any atom is 0.416 e. The van der Waals surface area contributed by atoms with E-state index < -0.39 is 11.7 Å². The van der Waals surface area contributed by atoms with E-state index in [1.54, 1.807) is 6.92 Å². The van der Waals surface area contributed by atoms with Gasteiger partial charge in [-0.2, -0.15) is 13.2 Å². The molecule has 1 spiro atoms. The summed E-state index contributed by atoms with van der Waals surface area (Å²) in [5.74, 6) is 0.0579. The highest BCUT2D eigenvalue weighted by Crippen LogP contribution is 2.31. The van der Waals surface area contributed by atoms with E-state index in [9.17, 15) is 18.0 Å². The van der Waals surface area contributed by atoms with E-state index in [0.717, 1.165) is 37.1 Å². The normalized spacial score (nSPS) is 25.4. The first-order chi connectivity index (χ1) is 11.8. The molecule has 2 heterocycles. The van der Waals surface area contributed by atoms with Gasteiger partial charge in [-0.05, 0) is 37.1 Å². The van der Waals surface area contributed by atoms with Crippen molar-refractivity contribution in [3.8, 4) is 0 Å². The van der Waals surface area contributed by atoms with E-state index in [0.29, 0.717) is 32.8 Å². The quantitative estimate of drug-likeness (QED) is 0.817. The third kappa shape index (κ3) is 4.33. The number of rotatable bonds is 2. The standard InChI is InChI=1S/C18H23F3N2O2/c1-14(24)23-9-10-25-17(13-23)7-2-8-22(12-17)11-15-3-5-16(6-4-15)18(19,20)21/h3-6H,2,7-13H2,1H3. The number of hydrogen-bond acceptors (Lipinski definition) is 3. The Hall–Kier alpha value is -1.60. The Labute approximate surface area is 145 Å². The molecule has 0 saturated carbocycles. The molecule has 25 heavy (non-hydrogen) atoms. The molecule has 2 saturated heterocycles. The molecular weight excluding hydrogens is 333 g/mol. The second-order valence-corrected chi connectivity index (χ2v) is 6.98. The first kappa shape index (κ1) is 18.2. The van der Waals surface area contributed by atoms with Gasteiger partial charge in [0.25, 0.3) is 0 Å². The van der Waals surface area contributed by atoms with Crippen LogP contribution in [0, 0.1) is 0 Å². The second-order valence-electron chi connectivity index (χ2n) is 6.98. The van der Waals surface area contributed by atoms with Crippen LogP contribution in [-0.2, 0) is 22.3 Å². The Morgan fingerprint density at radius 2 is 1.92 bits per heavy atom. The number of benzene rings is 1. The first-order valence-electron chi connectivity index (χ1n) is 8.55. The zero-order valence-corrected chi connectivity index (χ0v) is 14.3. The van der Waals surface area contributed by atoms with Crippen molar-refractivity contribution in [2.75, 3.05) is 32.8 Å². The number of halogens is 3. The Bertz CT molecular complexity index is 614. The fourth-order valence-corrected chi connectivity index (χ4v) is 3.74. The van der Waals surface area contributed by atoms with Gasteiger partial charge in [0.2, 0.25) is 5.91 Å². The molecule has 2 aliphatic heterocycles. The van der Waals surface area contributed by atoms with Crippen LogP contribution in [0.3, 0.4) is 0 Å². The molecule has 138 valence electrons. The fraction of sp³-hybridized carbons (Fsp3) is 0.611. The van der Waals surface area contributed by atoms with Gasteiger partial charge in [-0.1, -0.05) is 12.1 Å². The Morgan fingerprint density at radius 3 is 2.56 bits per heavy atom. The van der Waals surface area contributed by atoms with Gasteiger partial charge in [0.15, 0.2) is 0 Å². The Kier molecular flexibility index (Phi) is 5.06. The molecule has 1 amide bonds. The SMILES string of the molecule is CC(=O)N1CCOC2(CCCN(Cc3ccc(C(F)(F)F)cc3)C2)C1. The molecule has 0 bridgehead atoms. The van der Waals surface area contributed by atoms with Gasteiger partial charge in [-0.15, -0.1) is 0 Å². The van der Waals surface area contributed by atoms with Crippen molar-refractivity contribution in [3.05, 3.63) is 35.4 Å². The number of hydrogen-bond donors (Lipinski definition) is 0. The molecule has 1 atom stereocenters. The number of amides is 1. The summed E-state index contributed by atoms with van der Waals surface area (Å²) >= 11 is 0. The maximum absolute atomic E-state index is 12.7. The molecule has 0 N–H and O–H groups in total. The van der Waals surface area contributed by atoms with Gasteiger partial charge >= 0.3 is 6.18 Å². The lowest BCUT2D eigenvalue weighted by Gasteiger charge is -2.48. The monoisotopic (exact) mass is 356 g/mol. The average molecular weight is 356 g/mol. The summed E-state index contributed by atoms with van der Waals surface area (Å²) in [5.41, 5.74) is -0.128.